The average molecular weight is 267 g/mol. The van der Waals surface area contributed by atoms with E-state index in [0.29, 0.717) is 0 Å². The monoisotopic (exact) mass is 266 g/mol. The maximum atomic E-state index is 6.01. The topological polar surface area (TPSA) is 24.9 Å². The maximum Gasteiger partial charge on any atom is 0.101 e. The van der Waals surface area contributed by atoms with Gasteiger partial charge in [0.2, 0.25) is 0 Å². The van der Waals surface area contributed by atoms with Gasteiger partial charge in [-0.15, -0.1) is 11.3 Å². The van der Waals surface area contributed by atoms with Gasteiger partial charge in [0.15, 0.2) is 0 Å². The van der Waals surface area contributed by atoms with Crippen molar-refractivity contribution in [2.75, 3.05) is 13.1 Å². The van der Waals surface area contributed by atoms with Gasteiger partial charge in [-0.1, -0.05) is 18.5 Å². The van der Waals surface area contributed by atoms with Crippen molar-refractivity contribution in [3.05, 3.63) is 28.2 Å². The van der Waals surface area contributed by atoms with Gasteiger partial charge in [-0.05, 0) is 37.6 Å². The smallest absolute Gasteiger partial charge is 0.101 e. The number of hydrogen-bond acceptors (Lipinski definition) is 3. The van der Waals surface area contributed by atoms with Gasteiger partial charge < -0.3 is 5.32 Å². The van der Waals surface area contributed by atoms with Crippen molar-refractivity contribution in [3.63, 3.8) is 0 Å². The zero-order chi connectivity index (χ0) is 11.9. The minimum absolute atomic E-state index is 0.189. The van der Waals surface area contributed by atoms with Gasteiger partial charge in [-0.25, -0.2) is 4.98 Å². The summed E-state index contributed by atoms with van der Waals surface area (Å²) in [5, 5.41) is 5.50. The first-order valence-electron chi connectivity index (χ1n) is 5.95. The van der Waals surface area contributed by atoms with Crippen LogP contribution in [0, 0.1) is 0 Å². The number of fused-ring (bicyclic) bond motifs is 1. The lowest BCUT2D eigenvalue weighted by atomic mass is 9.83. The molecule has 2 aromatic rings. The second-order valence-corrected chi connectivity index (χ2v) is 6.44. The summed E-state index contributed by atoms with van der Waals surface area (Å²) in [6, 6.07) is 5.93. The molecule has 0 saturated carbocycles. The highest BCUT2D eigenvalue weighted by Gasteiger charge is 2.31. The highest BCUT2D eigenvalue weighted by atomic mass is 35.5. The van der Waals surface area contributed by atoms with Crippen LogP contribution in [0.4, 0.5) is 0 Å². The Morgan fingerprint density at radius 2 is 2.35 bits per heavy atom. The fourth-order valence-corrected chi connectivity index (χ4v) is 3.81. The zero-order valence-electron chi connectivity index (χ0n) is 9.79. The zero-order valence-corrected chi connectivity index (χ0v) is 11.4. The Kier molecular flexibility index (Phi) is 2.85. The first kappa shape index (κ1) is 11.5. The van der Waals surface area contributed by atoms with Gasteiger partial charge in [-0.3, -0.25) is 0 Å². The number of thiazole rings is 1. The molecule has 4 heteroatoms. The third-order valence-corrected chi connectivity index (χ3v) is 5.02. The summed E-state index contributed by atoms with van der Waals surface area (Å²) < 4.78 is 1.19. The van der Waals surface area contributed by atoms with Crippen LogP contribution >= 0.6 is 22.9 Å². The molecule has 1 N–H and O–H groups in total. The van der Waals surface area contributed by atoms with Gasteiger partial charge in [0, 0.05) is 17.0 Å². The van der Waals surface area contributed by atoms with Crippen molar-refractivity contribution in [1.82, 2.24) is 10.3 Å². The van der Waals surface area contributed by atoms with Crippen molar-refractivity contribution in [2.24, 2.45) is 0 Å². The Balaban J connectivity index is 2.05. The largest absolute Gasteiger partial charge is 0.316 e. The third-order valence-electron chi connectivity index (χ3n) is 3.46. The van der Waals surface area contributed by atoms with E-state index in [4.69, 9.17) is 16.6 Å². The average Bonchev–Trinajstić information content (AvgIpc) is 2.73. The molecular formula is C13H15ClN2S. The number of nitrogens with one attached hydrogen (secondary N) is 1. The van der Waals surface area contributed by atoms with E-state index < -0.39 is 0 Å². The van der Waals surface area contributed by atoms with Crippen LogP contribution in [0.3, 0.4) is 0 Å². The number of nitrogens with zero attached hydrogens (tertiary/aromatic N) is 1. The summed E-state index contributed by atoms with van der Waals surface area (Å²) in [5.74, 6) is 0. The number of halogens is 1. The van der Waals surface area contributed by atoms with Crippen molar-refractivity contribution < 1.29 is 0 Å². The molecule has 1 saturated heterocycles. The second kappa shape index (κ2) is 4.23. The van der Waals surface area contributed by atoms with Crippen LogP contribution < -0.4 is 5.32 Å². The molecule has 1 aliphatic rings. The summed E-state index contributed by atoms with van der Waals surface area (Å²) in [6.45, 7) is 4.46. The molecule has 1 aliphatic heterocycles. The molecule has 2 nitrogen and oxygen atoms in total. The molecule has 0 bridgehead atoms. The first-order chi connectivity index (χ1) is 8.17. The van der Waals surface area contributed by atoms with E-state index in [2.05, 4.69) is 12.2 Å². The lowest BCUT2D eigenvalue weighted by molar-refractivity contribution is 0.339. The Morgan fingerprint density at radius 3 is 3.12 bits per heavy atom. The third kappa shape index (κ3) is 2.07. The maximum absolute atomic E-state index is 6.01. The van der Waals surface area contributed by atoms with Gasteiger partial charge in [0.1, 0.15) is 5.01 Å². The fourth-order valence-electron chi connectivity index (χ4n) is 2.40. The highest BCUT2D eigenvalue weighted by molar-refractivity contribution is 7.18. The van der Waals surface area contributed by atoms with Crippen LogP contribution in [0.5, 0.6) is 0 Å². The van der Waals surface area contributed by atoms with Crippen molar-refractivity contribution in [2.45, 2.75) is 25.2 Å². The summed E-state index contributed by atoms with van der Waals surface area (Å²) in [5.41, 5.74) is 1.26. The molecule has 1 unspecified atom stereocenters. The summed E-state index contributed by atoms with van der Waals surface area (Å²) in [4.78, 5) is 4.77. The number of piperidine rings is 1. The van der Waals surface area contributed by atoms with E-state index in [0.717, 1.165) is 23.6 Å². The molecule has 90 valence electrons. The quantitative estimate of drug-likeness (QED) is 0.853. The lowest BCUT2D eigenvalue weighted by Gasteiger charge is -2.32. The Hall–Kier alpha value is -0.640. The molecule has 1 aromatic carbocycles. The van der Waals surface area contributed by atoms with E-state index >= 15 is 0 Å². The first-order valence-corrected chi connectivity index (χ1v) is 7.14. The second-order valence-electron chi connectivity index (χ2n) is 4.97. The van der Waals surface area contributed by atoms with Gasteiger partial charge in [0.05, 0.1) is 10.2 Å². The van der Waals surface area contributed by atoms with Crippen LogP contribution in [0.25, 0.3) is 10.2 Å². The van der Waals surface area contributed by atoms with Gasteiger partial charge in [-0.2, -0.15) is 0 Å². The van der Waals surface area contributed by atoms with Crippen molar-refractivity contribution in [1.29, 1.82) is 0 Å². The predicted octanol–water partition coefficient (Wildman–Crippen LogP) is 3.59. The standard InChI is InChI=1S/C13H15ClN2S/c1-13(5-2-6-15-8-13)12-16-10-4-3-9(14)7-11(10)17-12/h3-4,7,15H,2,5-6,8H2,1H3. The molecule has 2 heterocycles. The fraction of sp³-hybridized carbons (Fsp3) is 0.462. The molecule has 17 heavy (non-hydrogen) atoms. The van der Waals surface area contributed by atoms with Gasteiger partial charge in [0.25, 0.3) is 0 Å². The molecule has 0 spiro atoms. The minimum atomic E-state index is 0.189. The molecule has 0 radical (unpaired) electrons. The van der Waals surface area contributed by atoms with Crippen LogP contribution in [0.2, 0.25) is 5.02 Å². The highest BCUT2D eigenvalue weighted by Crippen LogP contribution is 2.36. The number of benzene rings is 1. The van der Waals surface area contributed by atoms with E-state index in [-0.39, 0.29) is 5.41 Å². The van der Waals surface area contributed by atoms with E-state index in [1.54, 1.807) is 11.3 Å². The molecular weight excluding hydrogens is 252 g/mol. The number of hydrogen-bond donors (Lipinski definition) is 1. The number of aromatic nitrogens is 1. The SMILES string of the molecule is CC1(c2nc3ccc(Cl)cc3s2)CCCNC1. The van der Waals surface area contributed by atoms with E-state index in [9.17, 15) is 0 Å². The molecule has 1 aromatic heterocycles. The Bertz CT molecular complexity index is 543. The van der Waals surface area contributed by atoms with E-state index in [1.165, 1.54) is 22.5 Å². The summed E-state index contributed by atoms with van der Waals surface area (Å²) in [6.07, 6.45) is 2.45. The van der Waals surface area contributed by atoms with Crippen molar-refractivity contribution >= 4 is 33.2 Å². The molecule has 3 rings (SSSR count). The molecule has 0 aliphatic carbocycles. The Labute approximate surface area is 110 Å². The number of rotatable bonds is 1. The normalized spacial score (nSPS) is 25.3. The van der Waals surface area contributed by atoms with Crippen molar-refractivity contribution in [3.8, 4) is 0 Å². The lowest BCUT2D eigenvalue weighted by Crippen LogP contribution is -2.40. The summed E-state index contributed by atoms with van der Waals surface area (Å²) >= 11 is 7.80. The molecule has 1 atom stereocenters. The van der Waals surface area contributed by atoms with E-state index in [1.807, 2.05) is 18.2 Å². The summed E-state index contributed by atoms with van der Waals surface area (Å²) in [7, 11) is 0. The predicted molar refractivity (Wildman–Crippen MR) is 74.1 cm³/mol. The van der Waals surface area contributed by atoms with Crippen LogP contribution in [-0.2, 0) is 5.41 Å². The van der Waals surface area contributed by atoms with Crippen LogP contribution in [0.1, 0.15) is 24.8 Å². The molecule has 1 fully saturated rings. The van der Waals surface area contributed by atoms with Gasteiger partial charge >= 0.3 is 0 Å². The van der Waals surface area contributed by atoms with Crippen LogP contribution in [-0.4, -0.2) is 18.1 Å². The minimum Gasteiger partial charge on any atom is -0.316 e. The molecule has 0 amide bonds. The Morgan fingerprint density at radius 1 is 1.47 bits per heavy atom. The van der Waals surface area contributed by atoms with Crippen LogP contribution in [0.15, 0.2) is 18.2 Å².